The number of thioether (sulfide) groups is 1. The van der Waals surface area contributed by atoms with Crippen molar-refractivity contribution < 1.29 is 5.11 Å². The Balaban J connectivity index is 2.69. The van der Waals surface area contributed by atoms with E-state index in [1.807, 2.05) is 32.9 Å². The lowest BCUT2D eigenvalue weighted by atomic mass is 10.1. The van der Waals surface area contributed by atoms with E-state index in [9.17, 15) is 5.11 Å². The fourth-order valence-corrected chi connectivity index (χ4v) is 2.28. The van der Waals surface area contributed by atoms with E-state index < -0.39 is 5.60 Å². The van der Waals surface area contributed by atoms with Crippen molar-refractivity contribution >= 4 is 17.4 Å². The topological polar surface area (TPSA) is 46.2 Å². The maximum Gasteiger partial charge on any atom is 0.0710 e. The Kier molecular flexibility index (Phi) is 4.05. The normalized spacial score (nSPS) is 14.9. The monoisotopic (exact) mass is 225 g/mol. The Morgan fingerprint density at radius 3 is 2.73 bits per heavy atom. The van der Waals surface area contributed by atoms with Gasteiger partial charge in [0.05, 0.1) is 5.60 Å². The molecule has 3 heteroatoms. The number of anilines is 1. The number of hydrogen-bond acceptors (Lipinski definition) is 3. The van der Waals surface area contributed by atoms with Crippen LogP contribution in [-0.2, 0) is 0 Å². The zero-order valence-electron chi connectivity index (χ0n) is 9.58. The summed E-state index contributed by atoms with van der Waals surface area (Å²) in [5.74, 6) is 0.678. The molecular formula is C12H19NOS. The minimum Gasteiger partial charge on any atom is -0.398 e. The highest BCUT2D eigenvalue weighted by Crippen LogP contribution is 2.29. The highest BCUT2D eigenvalue weighted by atomic mass is 32.2. The molecule has 0 fully saturated rings. The average molecular weight is 225 g/mol. The summed E-state index contributed by atoms with van der Waals surface area (Å²) in [6.45, 7) is 5.88. The molecule has 1 aromatic carbocycles. The molecule has 0 saturated heterocycles. The Hall–Kier alpha value is -0.670. The van der Waals surface area contributed by atoms with Crippen molar-refractivity contribution in [3.63, 3.8) is 0 Å². The van der Waals surface area contributed by atoms with E-state index in [0.29, 0.717) is 5.75 Å². The Morgan fingerprint density at radius 2 is 2.13 bits per heavy atom. The van der Waals surface area contributed by atoms with Crippen molar-refractivity contribution in [1.82, 2.24) is 0 Å². The van der Waals surface area contributed by atoms with Crippen LogP contribution >= 0.6 is 11.8 Å². The second-order valence-electron chi connectivity index (χ2n) is 4.18. The van der Waals surface area contributed by atoms with Crippen LogP contribution in [0.15, 0.2) is 23.1 Å². The predicted molar refractivity (Wildman–Crippen MR) is 67.2 cm³/mol. The third-order valence-corrected chi connectivity index (χ3v) is 3.90. The SMILES string of the molecule is CCC(C)(O)CSc1cc(C)ccc1N. The first kappa shape index (κ1) is 12.4. The van der Waals surface area contributed by atoms with E-state index in [2.05, 4.69) is 6.07 Å². The van der Waals surface area contributed by atoms with Crippen LogP contribution in [0.1, 0.15) is 25.8 Å². The van der Waals surface area contributed by atoms with Crippen LogP contribution in [0, 0.1) is 6.92 Å². The highest BCUT2D eigenvalue weighted by Gasteiger charge is 2.18. The van der Waals surface area contributed by atoms with E-state index in [0.717, 1.165) is 17.0 Å². The van der Waals surface area contributed by atoms with E-state index >= 15 is 0 Å². The zero-order chi connectivity index (χ0) is 11.5. The first-order chi connectivity index (χ1) is 6.94. The summed E-state index contributed by atoms with van der Waals surface area (Å²) in [5, 5.41) is 9.88. The summed E-state index contributed by atoms with van der Waals surface area (Å²) >= 11 is 1.62. The van der Waals surface area contributed by atoms with Crippen LogP contribution in [0.5, 0.6) is 0 Å². The minimum absolute atomic E-state index is 0.610. The minimum atomic E-state index is -0.610. The highest BCUT2D eigenvalue weighted by molar-refractivity contribution is 7.99. The molecule has 0 heterocycles. The number of aryl methyl sites for hydroxylation is 1. The second-order valence-corrected chi connectivity index (χ2v) is 5.20. The summed E-state index contributed by atoms with van der Waals surface area (Å²) in [6.07, 6.45) is 0.756. The average Bonchev–Trinajstić information content (AvgIpc) is 2.20. The summed E-state index contributed by atoms with van der Waals surface area (Å²) < 4.78 is 0. The maximum atomic E-state index is 9.88. The van der Waals surface area contributed by atoms with E-state index in [-0.39, 0.29) is 0 Å². The first-order valence-electron chi connectivity index (χ1n) is 5.16. The van der Waals surface area contributed by atoms with Gasteiger partial charge in [-0.25, -0.2) is 0 Å². The number of aliphatic hydroxyl groups is 1. The maximum absolute atomic E-state index is 9.88. The summed E-state index contributed by atoms with van der Waals surface area (Å²) in [7, 11) is 0. The van der Waals surface area contributed by atoms with Gasteiger partial charge in [0.15, 0.2) is 0 Å². The van der Waals surface area contributed by atoms with Gasteiger partial charge in [-0.1, -0.05) is 13.0 Å². The molecule has 84 valence electrons. The van der Waals surface area contributed by atoms with Gasteiger partial charge < -0.3 is 10.8 Å². The molecule has 0 spiro atoms. The third-order valence-electron chi connectivity index (χ3n) is 2.47. The quantitative estimate of drug-likeness (QED) is 0.612. The van der Waals surface area contributed by atoms with E-state index in [1.165, 1.54) is 5.56 Å². The van der Waals surface area contributed by atoms with Crippen molar-refractivity contribution in [1.29, 1.82) is 0 Å². The molecule has 0 amide bonds. The van der Waals surface area contributed by atoms with Crippen LogP contribution in [0.4, 0.5) is 5.69 Å². The summed E-state index contributed by atoms with van der Waals surface area (Å²) in [5.41, 5.74) is 7.23. The molecule has 1 unspecified atom stereocenters. The van der Waals surface area contributed by atoms with Crippen LogP contribution in [0.25, 0.3) is 0 Å². The molecule has 0 aliphatic heterocycles. The van der Waals surface area contributed by atoms with Crippen molar-refractivity contribution in [2.75, 3.05) is 11.5 Å². The zero-order valence-corrected chi connectivity index (χ0v) is 10.4. The van der Waals surface area contributed by atoms with Gasteiger partial charge >= 0.3 is 0 Å². The van der Waals surface area contributed by atoms with Gasteiger partial charge in [-0.2, -0.15) is 0 Å². The standard InChI is InChI=1S/C12H19NOS/c1-4-12(3,14)8-15-11-7-9(2)5-6-10(11)13/h5-7,14H,4,8,13H2,1-3H3. The van der Waals surface area contributed by atoms with Crippen molar-refractivity contribution in [2.45, 2.75) is 37.7 Å². The van der Waals surface area contributed by atoms with Crippen molar-refractivity contribution in [3.05, 3.63) is 23.8 Å². The van der Waals surface area contributed by atoms with Crippen LogP contribution < -0.4 is 5.73 Å². The van der Waals surface area contributed by atoms with Gasteiger partial charge in [-0.3, -0.25) is 0 Å². The van der Waals surface area contributed by atoms with Crippen molar-refractivity contribution in [3.8, 4) is 0 Å². The molecule has 2 nitrogen and oxygen atoms in total. The van der Waals surface area contributed by atoms with Gasteiger partial charge in [0.2, 0.25) is 0 Å². The van der Waals surface area contributed by atoms with Gasteiger partial charge in [-0.05, 0) is 38.0 Å². The Morgan fingerprint density at radius 1 is 1.47 bits per heavy atom. The molecule has 1 rings (SSSR count). The number of rotatable bonds is 4. The molecule has 0 aliphatic carbocycles. The Bertz CT molecular complexity index is 336. The van der Waals surface area contributed by atoms with Gasteiger partial charge in [0.1, 0.15) is 0 Å². The van der Waals surface area contributed by atoms with Crippen LogP contribution in [0.3, 0.4) is 0 Å². The van der Waals surface area contributed by atoms with Crippen LogP contribution in [0.2, 0.25) is 0 Å². The first-order valence-corrected chi connectivity index (χ1v) is 6.14. The molecule has 0 aliphatic rings. The third kappa shape index (κ3) is 3.76. The Labute approximate surface area is 95.9 Å². The van der Waals surface area contributed by atoms with E-state index in [1.54, 1.807) is 11.8 Å². The number of nitrogen functional groups attached to an aromatic ring is 1. The number of hydrogen-bond donors (Lipinski definition) is 2. The second kappa shape index (κ2) is 4.90. The lowest BCUT2D eigenvalue weighted by molar-refractivity contribution is 0.0816. The van der Waals surface area contributed by atoms with Crippen LogP contribution in [-0.4, -0.2) is 16.5 Å². The van der Waals surface area contributed by atoms with Gasteiger partial charge in [0.25, 0.3) is 0 Å². The molecule has 3 N–H and O–H groups in total. The number of nitrogens with two attached hydrogens (primary N) is 1. The summed E-state index contributed by atoms with van der Waals surface area (Å²) in [6, 6.07) is 5.97. The number of benzene rings is 1. The smallest absolute Gasteiger partial charge is 0.0710 e. The molecule has 0 saturated carbocycles. The molecule has 1 aromatic rings. The largest absolute Gasteiger partial charge is 0.398 e. The molecule has 0 aromatic heterocycles. The molecule has 15 heavy (non-hydrogen) atoms. The fraction of sp³-hybridized carbons (Fsp3) is 0.500. The van der Waals surface area contributed by atoms with Gasteiger partial charge in [-0.15, -0.1) is 11.8 Å². The van der Waals surface area contributed by atoms with Gasteiger partial charge in [0, 0.05) is 16.3 Å². The lowest BCUT2D eigenvalue weighted by Crippen LogP contribution is -2.25. The predicted octanol–water partition coefficient (Wildman–Crippen LogP) is 2.83. The van der Waals surface area contributed by atoms with Crippen molar-refractivity contribution in [2.24, 2.45) is 0 Å². The molecule has 1 atom stereocenters. The fourth-order valence-electron chi connectivity index (χ4n) is 1.10. The lowest BCUT2D eigenvalue weighted by Gasteiger charge is -2.20. The summed E-state index contributed by atoms with van der Waals surface area (Å²) in [4.78, 5) is 1.06. The molecule has 0 bridgehead atoms. The molecule has 0 radical (unpaired) electrons. The molecular weight excluding hydrogens is 206 g/mol. The van der Waals surface area contributed by atoms with E-state index in [4.69, 9.17) is 5.73 Å².